The van der Waals surface area contributed by atoms with Gasteiger partial charge in [-0.3, -0.25) is 0 Å². The largest absolute Gasteiger partial charge is 0.462 e. The Bertz CT molecular complexity index is 388. The highest BCUT2D eigenvalue weighted by molar-refractivity contribution is 5.91. The van der Waals surface area contributed by atoms with Gasteiger partial charge in [0.15, 0.2) is 0 Å². The van der Waals surface area contributed by atoms with Crippen LogP contribution in [0, 0.1) is 6.92 Å². The first-order valence-corrected chi connectivity index (χ1v) is 6.13. The van der Waals surface area contributed by atoms with Gasteiger partial charge in [-0.05, 0) is 32.4 Å². The minimum Gasteiger partial charge on any atom is -0.462 e. The van der Waals surface area contributed by atoms with Crippen molar-refractivity contribution in [3.63, 3.8) is 0 Å². The van der Waals surface area contributed by atoms with Crippen LogP contribution in [0.1, 0.15) is 55.0 Å². The van der Waals surface area contributed by atoms with Crippen LogP contribution in [-0.4, -0.2) is 12.6 Å². The molecular weight excluding hydrogens is 216 g/mol. The minimum atomic E-state index is -0.318. The number of ether oxygens (including phenoxy) is 1. The number of furan rings is 1. The van der Waals surface area contributed by atoms with E-state index in [9.17, 15) is 4.79 Å². The number of esters is 1. The van der Waals surface area contributed by atoms with Crippen LogP contribution >= 0.6 is 0 Å². The molecule has 0 aliphatic carbocycles. The Kier molecular flexibility index (Phi) is 5.53. The summed E-state index contributed by atoms with van der Waals surface area (Å²) in [6.45, 7) is 6.10. The van der Waals surface area contributed by atoms with E-state index in [1.54, 1.807) is 19.9 Å². The van der Waals surface area contributed by atoms with Crippen LogP contribution in [0.15, 0.2) is 16.6 Å². The highest BCUT2D eigenvalue weighted by Gasteiger charge is 2.14. The van der Waals surface area contributed by atoms with Crippen LogP contribution in [0.3, 0.4) is 0 Å². The van der Waals surface area contributed by atoms with E-state index in [1.807, 2.05) is 6.08 Å². The quantitative estimate of drug-likeness (QED) is 0.554. The van der Waals surface area contributed by atoms with Gasteiger partial charge in [0, 0.05) is 0 Å². The Hall–Kier alpha value is -1.51. The van der Waals surface area contributed by atoms with Crippen molar-refractivity contribution < 1.29 is 13.9 Å². The zero-order valence-electron chi connectivity index (χ0n) is 10.8. The highest BCUT2D eigenvalue weighted by atomic mass is 16.5. The van der Waals surface area contributed by atoms with Gasteiger partial charge in [-0.2, -0.15) is 0 Å². The Morgan fingerprint density at radius 3 is 2.88 bits per heavy atom. The number of rotatable bonds is 6. The summed E-state index contributed by atoms with van der Waals surface area (Å²) in [4.78, 5) is 11.5. The lowest BCUT2D eigenvalue weighted by molar-refractivity contribution is 0.0524. The third kappa shape index (κ3) is 4.10. The summed E-state index contributed by atoms with van der Waals surface area (Å²) >= 11 is 0. The number of unbranched alkanes of at least 4 members (excludes halogenated alkanes) is 2. The Balaban J connectivity index is 2.67. The molecule has 0 amide bonds. The maximum Gasteiger partial charge on any atom is 0.341 e. The second-order valence-electron chi connectivity index (χ2n) is 3.88. The molecule has 0 aromatic carbocycles. The summed E-state index contributed by atoms with van der Waals surface area (Å²) in [6, 6.07) is 1.73. The first-order chi connectivity index (χ1) is 8.19. The van der Waals surface area contributed by atoms with Crippen molar-refractivity contribution in [1.29, 1.82) is 0 Å². The minimum absolute atomic E-state index is 0.318. The lowest BCUT2D eigenvalue weighted by Crippen LogP contribution is -2.04. The van der Waals surface area contributed by atoms with Crippen LogP contribution in [0.2, 0.25) is 0 Å². The number of hydrogen-bond acceptors (Lipinski definition) is 3. The Morgan fingerprint density at radius 2 is 2.24 bits per heavy atom. The van der Waals surface area contributed by atoms with E-state index in [0.29, 0.717) is 23.7 Å². The molecule has 1 heterocycles. The van der Waals surface area contributed by atoms with Crippen molar-refractivity contribution in [2.45, 2.75) is 40.0 Å². The molecule has 1 aromatic heterocycles. The average Bonchev–Trinajstić information content (AvgIpc) is 2.66. The van der Waals surface area contributed by atoms with Crippen molar-refractivity contribution >= 4 is 12.0 Å². The normalized spacial score (nSPS) is 11.0. The molecule has 17 heavy (non-hydrogen) atoms. The standard InChI is InChI=1S/C14H20O3/c1-4-6-7-8-9-12-10-13(11(3)17-12)14(15)16-5-2/h8-10H,4-7H2,1-3H3/b9-8+. The maximum absolute atomic E-state index is 11.5. The molecule has 0 radical (unpaired) electrons. The summed E-state index contributed by atoms with van der Waals surface area (Å²) in [5, 5.41) is 0. The van der Waals surface area contributed by atoms with Crippen molar-refractivity contribution in [1.82, 2.24) is 0 Å². The molecule has 1 aromatic rings. The molecule has 1 rings (SSSR count). The fourth-order valence-corrected chi connectivity index (χ4v) is 1.52. The molecule has 0 saturated heterocycles. The number of hydrogen-bond donors (Lipinski definition) is 0. The molecule has 0 unspecified atom stereocenters. The summed E-state index contributed by atoms with van der Waals surface area (Å²) in [7, 11) is 0. The molecule has 3 heteroatoms. The summed E-state index contributed by atoms with van der Waals surface area (Å²) in [6.07, 6.45) is 7.35. The zero-order valence-corrected chi connectivity index (χ0v) is 10.8. The van der Waals surface area contributed by atoms with Gasteiger partial charge in [-0.1, -0.05) is 25.8 Å². The Labute approximate surface area is 102 Å². The first kappa shape index (κ1) is 13.6. The topological polar surface area (TPSA) is 39.4 Å². The molecule has 0 aliphatic heterocycles. The van der Waals surface area contributed by atoms with E-state index in [-0.39, 0.29) is 5.97 Å². The fourth-order valence-electron chi connectivity index (χ4n) is 1.52. The first-order valence-electron chi connectivity index (χ1n) is 6.13. The highest BCUT2D eigenvalue weighted by Crippen LogP contribution is 2.17. The van der Waals surface area contributed by atoms with Crippen LogP contribution in [0.25, 0.3) is 6.08 Å². The van der Waals surface area contributed by atoms with E-state index in [1.165, 1.54) is 12.8 Å². The molecular formula is C14H20O3. The van der Waals surface area contributed by atoms with Crippen LogP contribution in [-0.2, 0) is 4.74 Å². The zero-order chi connectivity index (χ0) is 12.7. The van der Waals surface area contributed by atoms with Crippen molar-refractivity contribution in [2.75, 3.05) is 6.61 Å². The van der Waals surface area contributed by atoms with Crippen molar-refractivity contribution in [2.24, 2.45) is 0 Å². The average molecular weight is 236 g/mol. The van der Waals surface area contributed by atoms with Crippen molar-refractivity contribution in [3.05, 3.63) is 29.2 Å². The van der Waals surface area contributed by atoms with Gasteiger partial charge < -0.3 is 9.15 Å². The fraction of sp³-hybridized carbons (Fsp3) is 0.500. The predicted octanol–water partition coefficient (Wildman–Crippen LogP) is 3.97. The summed E-state index contributed by atoms with van der Waals surface area (Å²) in [5.41, 5.74) is 0.516. The van der Waals surface area contributed by atoms with Crippen molar-refractivity contribution in [3.8, 4) is 0 Å². The summed E-state index contributed by atoms with van der Waals surface area (Å²) in [5.74, 6) is 1.00. The van der Waals surface area contributed by atoms with E-state index in [0.717, 1.165) is 6.42 Å². The van der Waals surface area contributed by atoms with Gasteiger partial charge in [0.1, 0.15) is 17.1 Å². The molecule has 0 bridgehead atoms. The monoisotopic (exact) mass is 236 g/mol. The molecule has 0 N–H and O–H groups in total. The summed E-state index contributed by atoms with van der Waals surface area (Å²) < 4.78 is 10.4. The van der Waals surface area contributed by atoms with Crippen LogP contribution in [0.5, 0.6) is 0 Å². The molecule has 0 aliphatic rings. The smallest absolute Gasteiger partial charge is 0.341 e. The third-order valence-corrected chi connectivity index (χ3v) is 2.44. The maximum atomic E-state index is 11.5. The van der Waals surface area contributed by atoms with Crippen LogP contribution in [0.4, 0.5) is 0 Å². The van der Waals surface area contributed by atoms with Gasteiger partial charge in [0.2, 0.25) is 0 Å². The SMILES string of the molecule is CCCC/C=C/c1cc(C(=O)OCC)c(C)o1. The number of carbonyl (C=O) groups is 1. The van der Waals surface area contributed by atoms with Gasteiger partial charge in [-0.15, -0.1) is 0 Å². The lowest BCUT2D eigenvalue weighted by atomic mass is 10.2. The van der Waals surface area contributed by atoms with Gasteiger partial charge >= 0.3 is 5.97 Å². The van der Waals surface area contributed by atoms with E-state index in [4.69, 9.17) is 9.15 Å². The molecule has 0 spiro atoms. The second kappa shape index (κ2) is 6.94. The number of allylic oxidation sites excluding steroid dienone is 1. The third-order valence-electron chi connectivity index (χ3n) is 2.44. The van der Waals surface area contributed by atoms with E-state index in [2.05, 4.69) is 13.0 Å². The van der Waals surface area contributed by atoms with Gasteiger partial charge in [-0.25, -0.2) is 4.79 Å². The van der Waals surface area contributed by atoms with Gasteiger partial charge in [0.25, 0.3) is 0 Å². The lowest BCUT2D eigenvalue weighted by Gasteiger charge is -1.97. The number of carbonyl (C=O) groups excluding carboxylic acids is 1. The van der Waals surface area contributed by atoms with Crippen LogP contribution < -0.4 is 0 Å². The Morgan fingerprint density at radius 1 is 1.47 bits per heavy atom. The molecule has 94 valence electrons. The second-order valence-corrected chi connectivity index (χ2v) is 3.88. The van der Waals surface area contributed by atoms with E-state index < -0.39 is 0 Å². The molecule has 3 nitrogen and oxygen atoms in total. The molecule has 0 fully saturated rings. The number of aryl methyl sites for hydroxylation is 1. The van der Waals surface area contributed by atoms with E-state index >= 15 is 0 Å². The molecule has 0 atom stereocenters. The van der Waals surface area contributed by atoms with Gasteiger partial charge in [0.05, 0.1) is 6.61 Å². The molecule has 0 saturated carbocycles. The predicted molar refractivity (Wildman–Crippen MR) is 68.0 cm³/mol.